The molecular formula is C33H45N7O4S. The monoisotopic (exact) mass is 635 g/mol. The van der Waals surface area contributed by atoms with E-state index in [0.29, 0.717) is 58.8 Å². The first-order valence-corrected chi connectivity index (χ1v) is 17.3. The number of para-hydroxylation sites is 1. The van der Waals surface area contributed by atoms with Crippen LogP contribution >= 0.6 is 0 Å². The number of aliphatic hydroxyl groups excluding tert-OH is 1. The smallest absolute Gasteiger partial charge is 0.231 e. The Morgan fingerprint density at radius 1 is 1.07 bits per heavy atom. The highest BCUT2D eigenvalue weighted by atomic mass is 32.2. The van der Waals surface area contributed by atoms with Crippen LogP contribution in [0.15, 0.2) is 41.3 Å². The maximum atomic E-state index is 13.4. The minimum atomic E-state index is -3.57. The second-order valence-electron chi connectivity index (χ2n) is 12.1. The van der Waals surface area contributed by atoms with Gasteiger partial charge in [0.05, 0.1) is 45.3 Å². The van der Waals surface area contributed by atoms with Gasteiger partial charge in [0.25, 0.3) is 0 Å². The number of nitrogens with zero attached hydrogens (tertiary/aromatic N) is 4. The van der Waals surface area contributed by atoms with Crippen LogP contribution in [0.3, 0.4) is 0 Å². The number of piperidine rings is 1. The number of sulfone groups is 1. The summed E-state index contributed by atoms with van der Waals surface area (Å²) in [6.07, 6.45) is 2.51. The summed E-state index contributed by atoms with van der Waals surface area (Å²) in [6, 6.07) is 11.1. The van der Waals surface area contributed by atoms with E-state index in [1.54, 1.807) is 31.2 Å². The Balaban J connectivity index is 1.51. The van der Waals surface area contributed by atoms with Gasteiger partial charge in [0.15, 0.2) is 15.5 Å². The number of H-pyrrole nitrogens is 1. The molecule has 12 heteroatoms. The number of likely N-dealkylation sites (tertiary alicyclic amines) is 1. The molecule has 5 rings (SSSR count). The van der Waals surface area contributed by atoms with Gasteiger partial charge in [0.2, 0.25) is 5.95 Å². The zero-order chi connectivity index (χ0) is 32.3. The van der Waals surface area contributed by atoms with Crippen molar-refractivity contribution >= 4 is 44.0 Å². The molecule has 1 aliphatic rings. The number of β-amino-alcohol motifs (C(OH)–C–C–N with tert-alkyl or cyclic N) is 1. The Kier molecular flexibility index (Phi) is 9.95. The van der Waals surface area contributed by atoms with E-state index in [9.17, 15) is 13.5 Å². The number of nitrogens with one attached hydrogen (secondary N) is 3. The third kappa shape index (κ3) is 7.08. The van der Waals surface area contributed by atoms with Crippen LogP contribution in [0, 0.1) is 13.8 Å². The molecule has 11 nitrogen and oxygen atoms in total. The standard InChI is InChI=1S/C33H45N7O4S/c1-7-22(5)45(42,43)29-11-9-8-10-26(29)34-31-30-23(6)38-39-32(30)37-33(36-31)35-27-18-21(4)25(19-28(27)44-20(2)3)24-12-14-40(15-13-24)16-17-41/h8-11,18-20,22,24,41H,7,12-17H2,1-6H3,(H3,34,35,36,37,38,39). The number of ether oxygens (including phenoxy) is 1. The van der Waals surface area contributed by atoms with Crippen LogP contribution < -0.4 is 15.4 Å². The van der Waals surface area contributed by atoms with E-state index in [2.05, 4.69) is 44.8 Å². The van der Waals surface area contributed by atoms with Gasteiger partial charge in [-0.05, 0) is 108 Å². The Hall–Kier alpha value is -3.74. The van der Waals surface area contributed by atoms with Crippen molar-refractivity contribution in [3.63, 3.8) is 0 Å². The number of aromatic nitrogens is 4. The van der Waals surface area contributed by atoms with Crippen molar-refractivity contribution in [1.82, 2.24) is 25.1 Å². The summed E-state index contributed by atoms with van der Waals surface area (Å²) in [5.74, 6) is 1.88. The summed E-state index contributed by atoms with van der Waals surface area (Å²) in [6.45, 7) is 14.4. The second kappa shape index (κ2) is 13.7. The van der Waals surface area contributed by atoms with E-state index in [1.165, 1.54) is 5.56 Å². The van der Waals surface area contributed by atoms with Crippen molar-refractivity contribution < 1.29 is 18.3 Å². The molecule has 0 radical (unpaired) electrons. The largest absolute Gasteiger partial charge is 0.489 e. The minimum absolute atomic E-state index is 0.0487. The second-order valence-corrected chi connectivity index (χ2v) is 14.5. The number of benzene rings is 2. The topological polar surface area (TPSA) is 145 Å². The molecule has 4 N–H and O–H groups in total. The van der Waals surface area contributed by atoms with E-state index in [-0.39, 0.29) is 17.6 Å². The highest BCUT2D eigenvalue weighted by Crippen LogP contribution is 2.39. The first-order valence-electron chi connectivity index (χ1n) is 15.8. The molecule has 0 bridgehead atoms. The molecule has 1 fully saturated rings. The predicted octanol–water partition coefficient (Wildman–Crippen LogP) is 5.99. The molecule has 3 heterocycles. The van der Waals surface area contributed by atoms with Gasteiger partial charge in [-0.3, -0.25) is 5.10 Å². The van der Waals surface area contributed by atoms with Crippen LogP contribution in [0.5, 0.6) is 5.75 Å². The fourth-order valence-electron chi connectivity index (χ4n) is 5.93. The van der Waals surface area contributed by atoms with Crippen LogP contribution in [0.4, 0.5) is 23.1 Å². The molecule has 0 aliphatic carbocycles. The predicted molar refractivity (Wildman–Crippen MR) is 179 cm³/mol. The number of aliphatic hydroxyl groups is 1. The lowest BCUT2D eigenvalue weighted by Crippen LogP contribution is -2.35. The first kappa shape index (κ1) is 32.6. The van der Waals surface area contributed by atoms with E-state index >= 15 is 0 Å². The summed E-state index contributed by atoms with van der Waals surface area (Å²) < 4.78 is 33.1. The molecule has 1 aliphatic heterocycles. The van der Waals surface area contributed by atoms with E-state index in [1.807, 2.05) is 27.7 Å². The normalized spacial score (nSPS) is 15.5. The summed E-state index contributed by atoms with van der Waals surface area (Å²) in [4.78, 5) is 12.1. The number of aromatic amines is 1. The van der Waals surface area contributed by atoms with Crippen molar-refractivity contribution in [3.05, 3.63) is 53.2 Å². The highest BCUT2D eigenvalue weighted by molar-refractivity contribution is 7.92. The zero-order valence-corrected chi connectivity index (χ0v) is 27.8. The molecule has 4 aromatic rings. The molecule has 0 saturated carbocycles. The van der Waals surface area contributed by atoms with Crippen molar-refractivity contribution in [3.8, 4) is 5.75 Å². The molecule has 2 aromatic heterocycles. The van der Waals surface area contributed by atoms with E-state index in [4.69, 9.17) is 14.7 Å². The van der Waals surface area contributed by atoms with Gasteiger partial charge in [0, 0.05) is 6.54 Å². The third-order valence-electron chi connectivity index (χ3n) is 8.57. The lowest BCUT2D eigenvalue weighted by molar-refractivity contribution is 0.164. The lowest BCUT2D eigenvalue weighted by atomic mass is 9.86. The Labute approximate surface area is 265 Å². The van der Waals surface area contributed by atoms with Crippen molar-refractivity contribution in [2.45, 2.75) is 83.0 Å². The van der Waals surface area contributed by atoms with Crippen LogP contribution in [-0.2, 0) is 9.84 Å². The highest BCUT2D eigenvalue weighted by Gasteiger charge is 2.26. The van der Waals surface area contributed by atoms with Gasteiger partial charge in [-0.1, -0.05) is 19.1 Å². The fraction of sp³-hybridized carbons (Fsp3) is 0.485. The molecule has 2 aromatic carbocycles. The number of hydrogen-bond donors (Lipinski definition) is 4. The number of aryl methyl sites for hydroxylation is 2. The zero-order valence-electron chi connectivity index (χ0n) is 27.0. The molecule has 1 atom stereocenters. The number of anilines is 4. The Bertz CT molecular complexity index is 1750. The quantitative estimate of drug-likeness (QED) is 0.146. The Morgan fingerprint density at radius 3 is 2.49 bits per heavy atom. The van der Waals surface area contributed by atoms with Gasteiger partial charge in [0.1, 0.15) is 11.6 Å². The minimum Gasteiger partial charge on any atom is -0.489 e. The molecule has 0 amide bonds. The molecule has 1 unspecified atom stereocenters. The third-order valence-corrected chi connectivity index (χ3v) is 10.9. The van der Waals surface area contributed by atoms with Gasteiger partial charge in [-0.2, -0.15) is 15.1 Å². The van der Waals surface area contributed by atoms with Gasteiger partial charge < -0.3 is 25.4 Å². The van der Waals surface area contributed by atoms with Crippen LogP contribution in [0.1, 0.15) is 69.7 Å². The number of fused-ring (bicyclic) bond motifs is 1. The molecule has 45 heavy (non-hydrogen) atoms. The van der Waals surface area contributed by atoms with Crippen molar-refractivity contribution in [2.24, 2.45) is 0 Å². The molecule has 1 saturated heterocycles. The molecule has 242 valence electrons. The average Bonchev–Trinajstić information content (AvgIpc) is 3.39. The molecule has 0 spiro atoms. The van der Waals surface area contributed by atoms with Gasteiger partial charge in [-0.15, -0.1) is 0 Å². The summed E-state index contributed by atoms with van der Waals surface area (Å²) in [7, 11) is -3.57. The SMILES string of the molecule is CCC(C)S(=O)(=O)c1ccccc1Nc1nc(Nc2cc(C)c(C3CCN(CCO)CC3)cc2OC(C)C)nc2[nH]nc(C)c12. The van der Waals surface area contributed by atoms with Gasteiger partial charge >= 0.3 is 0 Å². The maximum Gasteiger partial charge on any atom is 0.231 e. The average molecular weight is 636 g/mol. The Morgan fingerprint density at radius 2 is 1.80 bits per heavy atom. The van der Waals surface area contributed by atoms with Crippen LogP contribution in [0.25, 0.3) is 11.0 Å². The fourth-order valence-corrected chi connectivity index (χ4v) is 7.49. The lowest BCUT2D eigenvalue weighted by Gasteiger charge is -2.32. The van der Waals surface area contributed by atoms with Crippen LogP contribution in [-0.4, -0.2) is 76.2 Å². The van der Waals surface area contributed by atoms with Crippen LogP contribution in [0.2, 0.25) is 0 Å². The van der Waals surface area contributed by atoms with Crippen molar-refractivity contribution in [2.75, 3.05) is 36.9 Å². The van der Waals surface area contributed by atoms with Gasteiger partial charge in [-0.25, -0.2) is 8.42 Å². The van der Waals surface area contributed by atoms with E-state index < -0.39 is 15.1 Å². The summed E-state index contributed by atoms with van der Waals surface area (Å²) in [5, 5.41) is 23.5. The van der Waals surface area contributed by atoms with Crippen molar-refractivity contribution in [1.29, 1.82) is 0 Å². The summed E-state index contributed by atoms with van der Waals surface area (Å²) in [5.41, 5.74) is 4.80. The summed E-state index contributed by atoms with van der Waals surface area (Å²) >= 11 is 0. The number of hydrogen-bond acceptors (Lipinski definition) is 10. The maximum absolute atomic E-state index is 13.4. The first-order chi connectivity index (χ1) is 21.5. The molecular weight excluding hydrogens is 590 g/mol. The van der Waals surface area contributed by atoms with E-state index in [0.717, 1.165) is 37.2 Å². The number of rotatable bonds is 12.